The van der Waals surface area contributed by atoms with E-state index in [9.17, 15) is 0 Å². The zero-order valence-electron chi connectivity index (χ0n) is 21.4. The van der Waals surface area contributed by atoms with Crippen LogP contribution in [0, 0.1) is 0 Å². The molecule has 2 rings (SSSR count). The van der Waals surface area contributed by atoms with Gasteiger partial charge in [0.25, 0.3) is 0 Å². The molecule has 0 amide bonds. The summed E-state index contributed by atoms with van der Waals surface area (Å²) in [5, 5.41) is 0. The summed E-state index contributed by atoms with van der Waals surface area (Å²) in [7, 11) is -0.236. The lowest BCUT2D eigenvalue weighted by atomic mass is 10.1. The van der Waals surface area contributed by atoms with Crippen molar-refractivity contribution in [1.82, 2.24) is 9.97 Å². The highest BCUT2D eigenvalue weighted by molar-refractivity contribution is 6.57. The number of ether oxygens (including phenoxy) is 2. The SMILES string of the molecule is CCCCCCCCOc1cncnc1-c1cccc(OCCCC(CCCC)[Si](C)C)c1. The molecule has 1 atom stereocenters. The van der Waals surface area contributed by atoms with Crippen LogP contribution >= 0.6 is 0 Å². The molecule has 1 unspecified atom stereocenters. The Bertz CT molecular complexity index is 769. The summed E-state index contributed by atoms with van der Waals surface area (Å²) < 4.78 is 12.2. The van der Waals surface area contributed by atoms with Gasteiger partial charge >= 0.3 is 0 Å². The number of benzene rings is 1. The number of unbranched alkanes of at least 4 members (excludes halogenated alkanes) is 6. The summed E-state index contributed by atoms with van der Waals surface area (Å²) in [6.45, 7) is 10.9. The summed E-state index contributed by atoms with van der Waals surface area (Å²) in [5.41, 5.74) is 2.75. The Labute approximate surface area is 204 Å². The first-order valence-electron chi connectivity index (χ1n) is 13.1. The number of rotatable bonds is 18. The molecule has 2 aromatic rings. The number of hydrogen-bond donors (Lipinski definition) is 0. The van der Waals surface area contributed by atoms with Gasteiger partial charge in [0, 0.05) is 14.4 Å². The van der Waals surface area contributed by atoms with Crippen molar-refractivity contribution >= 4 is 8.80 Å². The first kappa shape index (κ1) is 27.4. The second-order valence-electron chi connectivity index (χ2n) is 9.29. The maximum Gasteiger partial charge on any atom is 0.163 e. The fourth-order valence-electron chi connectivity index (χ4n) is 4.13. The quantitative estimate of drug-likeness (QED) is 0.162. The normalized spacial score (nSPS) is 12.2. The minimum atomic E-state index is -0.236. The average Bonchev–Trinajstić information content (AvgIpc) is 2.83. The third-order valence-corrected chi connectivity index (χ3v) is 8.44. The van der Waals surface area contributed by atoms with Crippen LogP contribution in [0.5, 0.6) is 11.5 Å². The second kappa shape index (κ2) is 16.7. The lowest BCUT2D eigenvalue weighted by molar-refractivity contribution is 0.302. The van der Waals surface area contributed by atoms with Gasteiger partial charge in [-0.05, 0) is 36.9 Å². The second-order valence-corrected chi connectivity index (χ2v) is 12.3. The molecular weight excluding hydrogens is 424 g/mol. The van der Waals surface area contributed by atoms with Crippen molar-refractivity contribution in [3.05, 3.63) is 36.8 Å². The minimum Gasteiger partial charge on any atom is -0.494 e. The van der Waals surface area contributed by atoms with Crippen molar-refractivity contribution in [3.63, 3.8) is 0 Å². The van der Waals surface area contributed by atoms with Crippen LogP contribution in [0.3, 0.4) is 0 Å². The van der Waals surface area contributed by atoms with Gasteiger partial charge in [-0.1, -0.05) is 90.4 Å². The highest BCUT2D eigenvalue weighted by atomic mass is 28.3. The largest absolute Gasteiger partial charge is 0.494 e. The third-order valence-electron chi connectivity index (χ3n) is 6.23. The van der Waals surface area contributed by atoms with E-state index >= 15 is 0 Å². The van der Waals surface area contributed by atoms with Gasteiger partial charge in [-0.15, -0.1) is 0 Å². The van der Waals surface area contributed by atoms with E-state index in [-0.39, 0.29) is 8.80 Å². The first-order valence-corrected chi connectivity index (χ1v) is 15.7. The minimum absolute atomic E-state index is 0.236. The molecule has 1 aromatic heterocycles. The van der Waals surface area contributed by atoms with Crippen LogP contribution < -0.4 is 9.47 Å². The maximum absolute atomic E-state index is 6.12. The van der Waals surface area contributed by atoms with Crippen LogP contribution in [0.15, 0.2) is 36.8 Å². The Kier molecular flexibility index (Phi) is 13.8. The summed E-state index contributed by atoms with van der Waals surface area (Å²) in [6, 6.07) is 8.21. The van der Waals surface area contributed by atoms with E-state index < -0.39 is 0 Å². The van der Waals surface area contributed by atoms with Crippen LogP contribution in [0.2, 0.25) is 18.6 Å². The number of aromatic nitrogens is 2. The van der Waals surface area contributed by atoms with Crippen molar-refractivity contribution in [2.24, 2.45) is 0 Å². The molecule has 0 spiro atoms. The lowest BCUT2D eigenvalue weighted by Gasteiger charge is -2.19. The fourth-order valence-corrected chi connectivity index (χ4v) is 5.69. The van der Waals surface area contributed by atoms with Crippen molar-refractivity contribution < 1.29 is 9.47 Å². The molecule has 1 aromatic carbocycles. The predicted molar refractivity (Wildman–Crippen MR) is 142 cm³/mol. The van der Waals surface area contributed by atoms with E-state index in [4.69, 9.17) is 9.47 Å². The lowest BCUT2D eigenvalue weighted by Crippen LogP contribution is -2.13. The molecule has 0 N–H and O–H groups in total. The molecule has 0 aliphatic rings. The molecule has 0 saturated heterocycles. The zero-order valence-corrected chi connectivity index (χ0v) is 22.4. The molecule has 5 heteroatoms. The van der Waals surface area contributed by atoms with Gasteiger partial charge in [-0.3, -0.25) is 0 Å². The summed E-state index contributed by atoms with van der Waals surface area (Å²) in [6.07, 6.45) is 17.3. The number of hydrogen-bond acceptors (Lipinski definition) is 4. The Morgan fingerprint density at radius 3 is 2.36 bits per heavy atom. The summed E-state index contributed by atoms with van der Waals surface area (Å²) in [5.74, 6) is 1.65. The summed E-state index contributed by atoms with van der Waals surface area (Å²) in [4.78, 5) is 8.69. The van der Waals surface area contributed by atoms with E-state index in [1.165, 1.54) is 57.8 Å². The number of nitrogens with zero attached hydrogens (tertiary/aromatic N) is 2. The van der Waals surface area contributed by atoms with Gasteiger partial charge in [0.2, 0.25) is 0 Å². The topological polar surface area (TPSA) is 44.2 Å². The molecule has 0 fully saturated rings. The molecule has 183 valence electrons. The Morgan fingerprint density at radius 1 is 0.848 bits per heavy atom. The molecule has 33 heavy (non-hydrogen) atoms. The molecule has 1 heterocycles. The van der Waals surface area contributed by atoms with Gasteiger partial charge in [0.05, 0.1) is 19.4 Å². The summed E-state index contributed by atoms with van der Waals surface area (Å²) >= 11 is 0. The smallest absolute Gasteiger partial charge is 0.163 e. The molecule has 1 radical (unpaired) electrons. The standard InChI is InChI=1S/C28H45N2O2Si/c1-5-7-9-10-11-12-19-32-27-22-29-23-30-28(27)24-15-13-16-25(21-24)31-20-14-18-26(33(3)4)17-8-6-2/h13,15-16,21-23,26H,5-12,14,17-20H2,1-4H3. The molecule has 0 aliphatic carbocycles. The fraction of sp³-hybridized carbons (Fsp3) is 0.643. The van der Waals surface area contributed by atoms with Crippen LogP contribution in [0.1, 0.15) is 84.5 Å². The molecule has 0 bridgehead atoms. The average molecular weight is 470 g/mol. The molecule has 0 aliphatic heterocycles. The molecule has 0 saturated carbocycles. The van der Waals surface area contributed by atoms with E-state index in [2.05, 4.69) is 49.0 Å². The van der Waals surface area contributed by atoms with E-state index in [0.717, 1.165) is 47.7 Å². The highest BCUT2D eigenvalue weighted by Gasteiger charge is 2.14. The third kappa shape index (κ3) is 10.7. The monoisotopic (exact) mass is 469 g/mol. The Hall–Kier alpha value is -1.88. The van der Waals surface area contributed by atoms with Crippen LogP contribution in [0.4, 0.5) is 0 Å². The van der Waals surface area contributed by atoms with Gasteiger partial charge < -0.3 is 9.47 Å². The van der Waals surface area contributed by atoms with E-state index in [0.29, 0.717) is 6.61 Å². The Morgan fingerprint density at radius 2 is 1.58 bits per heavy atom. The van der Waals surface area contributed by atoms with Crippen LogP contribution in [-0.2, 0) is 0 Å². The highest BCUT2D eigenvalue weighted by Crippen LogP contribution is 2.30. The van der Waals surface area contributed by atoms with Crippen molar-refractivity contribution in [1.29, 1.82) is 0 Å². The van der Waals surface area contributed by atoms with Gasteiger partial charge in [0.1, 0.15) is 17.8 Å². The van der Waals surface area contributed by atoms with Gasteiger partial charge in [0.15, 0.2) is 5.75 Å². The van der Waals surface area contributed by atoms with E-state index in [1.54, 1.807) is 12.5 Å². The predicted octanol–water partition coefficient (Wildman–Crippen LogP) is 8.36. The zero-order chi connectivity index (χ0) is 23.7. The first-order chi connectivity index (χ1) is 16.2. The molecular formula is C28H45N2O2Si. The van der Waals surface area contributed by atoms with Crippen LogP contribution in [-0.4, -0.2) is 32.0 Å². The Balaban J connectivity index is 1.86. The molecule has 4 nitrogen and oxygen atoms in total. The maximum atomic E-state index is 6.12. The van der Waals surface area contributed by atoms with Crippen molar-refractivity contribution in [2.75, 3.05) is 13.2 Å². The van der Waals surface area contributed by atoms with E-state index in [1.807, 2.05) is 12.1 Å². The van der Waals surface area contributed by atoms with Crippen molar-refractivity contribution in [3.8, 4) is 22.8 Å². The van der Waals surface area contributed by atoms with Crippen molar-refractivity contribution in [2.45, 2.75) is 103 Å². The van der Waals surface area contributed by atoms with Gasteiger partial charge in [-0.25, -0.2) is 9.97 Å². The van der Waals surface area contributed by atoms with Gasteiger partial charge in [-0.2, -0.15) is 0 Å². The van der Waals surface area contributed by atoms with Crippen LogP contribution in [0.25, 0.3) is 11.3 Å².